The zero-order chi connectivity index (χ0) is 15.9. The van der Waals surface area contributed by atoms with E-state index in [-0.39, 0.29) is 4.90 Å². The van der Waals surface area contributed by atoms with E-state index >= 15 is 0 Å². The van der Waals surface area contributed by atoms with Crippen LogP contribution < -0.4 is 0 Å². The van der Waals surface area contributed by atoms with Crippen LogP contribution in [0, 0.1) is 0 Å². The van der Waals surface area contributed by atoms with Crippen molar-refractivity contribution in [3.8, 4) is 0 Å². The van der Waals surface area contributed by atoms with Gasteiger partial charge >= 0.3 is 0 Å². The van der Waals surface area contributed by atoms with Gasteiger partial charge in [-0.2, -0.15) is 13.5 Å². The van der Waals surface area contributed by atoms with Gasteiger partial charge in [0.15, 0.2) is 0 Å². The number of carbonyl (C=O) groups excluding carboxylic acids is 1. The van der Waals surface area contributed by atoms with Crippen molar-refractivity contribution >= 4 is 33.2 Å². The van der Waals surface area contributed by atoms with E-state index in [4.69, 9.17) is 11.6 Å². The number of hydrazone groups is 1. The Bertz CT molecular complexity index is 892. The van der Waals surface area contributed by atoms with Gasteiger partial charge in [0.2, 0.25) is 0 Å². The molecule has 0 saturated heterocycles. The van der Waals surface area contributed by atoms with Gasteiger partial charge in [-0.15, -0.1) is 4.41 Å². The molecule has 0 N–H and O–H groups in total. The van der Waals surface area contributed by atoms with Gasteiger partial charge in [-0.1, -0.05) is 41.9 Å². The van der Waals surface area contributed by atoms with Gasteiger partial charge in [-0.25, -0.2) is 0 Å². The van der Waals surface area contributed by atoms with Crippen molar-refractivity contribution in [2.75, 3.05) is 0 Å². The molecule has 0 unspecified atom stereocenters. The van der Waals surface area contributed by atoms with Crippen LogP contribution in [-0.2, 0) is 14.8 Å². The lowest BCUT2D eigenvalue weighted by atomic mass is 10.0. The Morgan fingerprint density at radius 3 is 2.45 bits per heavy atom. The zero-order valence-corrected chi connectivity index (χ0v) is 13.1. The Kier molecular flexibility index (Phi) is 3.50. The van der Waals surface area contributed by atoms with Crippen LogP contribution in [-0.4, -0.2) is 24.5 Å². The number of nitrogens with zero attached hydrogens (tertiary/aromatic N) is 2. The second kappa shape index (κ2) is 5.23. The Labute approximate surface area is 132 Å². The van der Waals surface area contributed by atoms with Crippen LogP contribution >= 0.6 is 11.6 Å². The number of rotatable bonds is 1. The van der Waals surface area contributed by atoms with E-state index in [1.54, 1.807) is 12.1 Å². The maximum atomic E-state index is 12.5. The standard InChI is InChI=1S/C15H11ClN2O3S/c1-10(19)18-17-15(11-5-3-2-4-6-11)13-9-12(16)7-8-14(13)22(18,20)21/h2-9H,1H3. The minimum absolute atomic E-state index is 0.0148. The molecular weight excluding hydrogens is 324 g/mol. The van der Waals surface area contributed by atoms with E-state index < -0.39 is 15.9 Å². The number of halogens is 1. The Balaban J connectivity index is 2.34. The number of benzene rings is 2. The fraction of sp³-hybridized carbons (Fsp3) is 0.0667. The van der Waals surface area contributed by atoms with Crippen molar-refractivity contribution in [2.24, 2.45) is 5.10 Å². The highest BCUT2D eigenvalue weighted by molar-refractivity contribution is 7.89. The maximum Gasteiger partial charge on any atom is 0.286 e. The van der Waals surface area contributed by atoms with Gasteiger partial charge in [0.05, 0.1) is 4.90 Å². The normalized spacial score (nSPS) is 15.9. The molecule has 0 bridgehead atoms. The number of fused-ring (bicyclic) bond motifs is 1. The molecule has 0 saturated carbocycles. The summed E-state index contributed by atoms with van der Waals surface area (Å²) in [7, 11) is -4.00. The SMILES string of the molecule is CC(=O)N1N=C(c2ccccc2)c2cc(Cl)ccc2S1(=O)=O. The Hall–Kier alpha value is -2.18. The van der Waals surface area contributed by atoms with Crippen molar-refractivity contribution in [3.63, 3.8) is 0 Å². The van der Waals surface area contributed by atoms with Crippen molar-refractivity contribution in [1.82, 2.24) is 4.41 Å². The monoisotopic (exact) mass is 334 g/mol. The van der Waals surface area contributed by atoms with Crippen LogP contribution in [0.3, 0.4) is 0 Å². The van der Waals surface area contributed by atoms with Gasteiger partial charge in [0.1, 0.15) is 5.71 Å². The molecule has 0 radical (unpaired) electrons. The Morgan fingerprint density at radius 2 is 1.82 bits per heavy atom. The first-order chi connectivity index (χ1) is 10.4. The lowest BCUT2D eigenvalue weighted by molar-refractivity contribution is -0.124. The zero-order valence-electron chi connectivity index (χ0n) is 11.5. The van der Waals surface area contributed by atoms with Crippen LogP contribution in [0.1, 0.15) is 18.1 Å². The average molecular weight is 335 g/mol. The largest absolute Gasteiger partial charge is 0.286 e. The van der Waals surface area contributed by atoms with Gasteiger partial charge in [0, 0.05) is 23.1 Å². The summed E-state index contributed by atoms with van der Waals surface area (Å²) in [5.74, 6) is -0.672. The summed E-state index contributed by atoms with van der Waals surface area (Å²) >= 11 is 5.99. The quantitative estimate of drug-likeness (QED) is 0.805. The van der Waals surface area contributed by atoms with Gasteiger partial charge in [-0.3, -0.25) is 4.79 Å². The molecule has 22 heavy (non-hydrogen) atoms. The van der Waals surface area contributed by atoms with E-state index in [1.807, 2.05) is 18.2 Å². The summed E-state index contributed by atoms with van der Waals surface area (Å²) in [6.07, 6.45) is 0. The first kappa shape index (κ1) is 14.7. The predicted octanol–water partition coefficient (Wildman–Crippen LogP) is 2.64. The van der Waals surface area contributed by atoms with Gasteiger partial charge in [0.25, 0.3) is 15.9 Å². The molecule has 5 nitrogen and oxygen atoms in total. The highest BCUT2D eigenvalue weighted by atomic mass is 35.5. The van der Waals surface area contributed by atoms with Crippen LogP contribution in [0.15, 0.2) is 58.5 Å². The van der Waals surface area contributed by atoms with Crippen molar-refractivity contribution in [3.05, 3.63) is 64.7 Å². The highest BCUT2D eigenvalue weighted by Crippen LogP contribution is 2.31. The molecule has 112 valence electrons. The average Bonchev–Trinajstić information content (AvgIpc) is 2.47. The molecule has 1 aliphatic rings. The molecule has 0 aliphatic carbocycles. The number of hydrogen-bond donors (Lipinski definition) is 0. The van der Waals surface area contributed by atoms with Gasteiger partial charge in [-0.05, 0) is 18.2 Å². The molecule has 1 amide bonds. The summed E-state index contributed by atoms with van der Waals surface area (Å²) < 4.78 is 25.5. The second-order valence-corrected chi connectivity index (χ2v) is 6.89. The fourth-order valence-corrected chi connectivity index (χ4v) is 3.81. The molecular formula is C15H11ClN2O3S. The fourth-order valence-electron chi connectivity index (χ4n) is 2.25. The van der Waals surface area contributed by atoms with Crippen LogP contribution in [0.2, 0.25) is 5.02 Å². The molecule has 1 heterocycles. The van der Waals surface area contributed by atoms with Gasteiger partial charge < -0.3 is 0 Å². The summed E-state index contributed by atoms with van der Waals surface area (Å²) in [6, 6.07) is 13.4. The molecule has 2 aromatic rings. The van der Waals surface area contributed by atoms with Crippen LogP contribution in [0.4, 0.5) is 0 Å². The third-order valence-corrected chi connectivity index (χ3v) is 5.15. The third kappa shape index (κ3) is 2.30. The third-order valence-electron chi connectivity index (χ3n) is 3.21. The predicted molar refractivity (Wildman–Crippen MR) is 83.2 cm³/mol. The smallest absolute Gasteiger partial charge is 0.272 e. The van der Waals surface area contributed by atoms with E-state index in [0.29, 0.717) is 26.3 Å². The molecule has 0 fully saturated rings. The molecule has 0 aromatic heterocycles. The van der Waals surface area contributed by atoms with Crippen molar-refractivity contribution in [1.29, 1.82) is 0 Å². The topological polar surface area (TPSA) is 66.8 Å². The van der Waals surface area contributed by atoms with E-state index in [2.05, 4.69) is 5.10 Å². The molecule has 2 aromatic carbocycles. The number of hydrogen-bond acceptors (Lipinski definition) is 4. The van der Waals surface area contributed by atoms with Crippen molar-refractivity contribution in [2.45, 2.75) is 11.8 Å². The summed E-state index contributed by atoms with van der Waals surface area (Å²) in [4.78, 5) is 11.7. The summed E-state index contributed by atoms with van der Waals surface area (Å²) in [5.41, 5.74) is 1.48. The maximum absolute atomic E-state index is 12.5. The van der Waals surface area contributed by atoms with Crippen LogP contribution in [0.25, 0.3) is 0 Å². The van der Waals surface area contributed by atoms with E-state index in [0.717, 1.165) is 6.92 Å². The van der Waals surface area contributed by atoms with E-state index in [9.17, 15) is 13.2 Å². The molecule has 7 heteroatoms. The second-order valence-electron chi connectivity index (χ2n) is 4.72. The molecule has 1 aliphatic heterocycles. The molecule has 3 rings (SSSR count). The van der Waals surface area contributed by atoms with Crippen molar-refractivity contribution < 1.29 is 13.2 Å². The first-order valence-corrected chi connectivity index (χ1v) is 8.23. The highest BCUT2D eigenvalue weighted by Gasteiger charge is 2.35. The lowest BCUT2D eigenvalue weighted by Crippen LogP contribution is -2.36. The minimum Gasteiger partial charge on any atom is -0.272 e. The van der Waals surface area contributed by atoms with E-state index in [1.165, 1.54) is 18.2 Å². The molecule has 0 atom stereocenters. The summed E-state index contributed by atoms with van der Waals surface area (Å²) in [6.45, 7) is 1.16. The Morgan fingerprint density at radius 1 is 1.14 bits per heavy atom. The number of amides is 1. The number of sulfonamides is 1. The minimum atomic E-state index is -4.00. The lowest BCUT2D eigenvalue weighted by Gasteiger charge is -2.25. The van der Waals surface area contributed by atoms with Crippen LogP contribution in [0.5, 0.6) is 0 Å². The summed E-state index contributed by atoms with van der Waals surface area (Å²) in [5, 5.41) is 4.44. The number of carbonyl (C=O) groups is 1. The molecule has 0 spiro atoms. The first-order valence-electron chi connectivity index (χ1n) is 6.41.